The topological polar surface area (TPSA) is 89.1 Å². The van der Waals surface area contributed by atoms with Crippen LogP contribution in [0.3, 0.4) is 0 Å². The van der Waals surface area contributed by atoms with Crippen LogP contribution in [0.2, 0.25) is 0 Å². The molecule has 0 spiro atoms. The molecule has 0 bridgehead atoms. The standard InChI is InChI=1S/C16H20N4O3/c21-16(11-3-4-12-13(7-11)19-20-18-12)17-14-9-22-6-5-15(14)23-8-10-1-2-10/h3-4,7,10,14-15H,1-2,5-6,8-9H2,(H,17,21)(H,18,19,20). The highest BCUT2D eigenvalue weighted by Gasteiger charge is 2.30. The lowest BCUT2D eigenvalue weighted by Gasteiger charge is -2.32. The van der Waals surface area contributed by atoms with E-state index in [1.807, 2.05) is 0 Å². The van der Waals surface area contributed by atoms with Crippen molar-refractivity contribution < 1.29 is 14.3 Å². The summed E-state index contributed by atoms with van der Waals surface area (Å²) in [6.45, 7) is 1.97. The summed E-state index contributed by atoms with van der Waals surface area (Å²) >= 11 is 0. The second-order valence-corrected chi connectivity index (χ2v) is 6.29. The molecular weight excluding hydrogens is 296 g/mol. The minimum atomic E-state index is -0.134. The number of aromatic nitrogens is 3. The molecule has 7 heteroatoms. The minimum Gasteiger partial charge on any atom is -0.379 e. The van der Waals surface area contributed by atoms with Gasteiger partial charge >= 0.3 is 0 Å². The first-order valence-electron chi connectivity index (χ1n) is 8.10. The van der Waals surface area contributed by atoms with Gasteiger partial charge in [0.25, 0.3) is 5.91 Å². The third-order valence-electron chi connectivity index (χ3n) is 4.43. The van der Waals surface area contributed by atoms with Gasteiger partial charge in [-0.05, 0) is 43.4 Å². The zero-order valence-corrected chi connectivity index (χ0v) is 12.8. The summed E-state index contributed by atoms with van der Waals surface area (Å²) in [6.07, 6.45) is 3.37. The first kappa shape index (κ1) is 14.6. The average molecular weight is 316 g/mol. The number of H-pyrrole nitrogens is 1. The van der Waals surface area contributed by atoms with E-state index in [1.165, 1.54) is 12.8 Å². The predicted octanol–water partition coefficient (Wildman–Crippen LogP) is 1.27. The first-order chi connectivity index (χ1) is 11.3. The van der Waals surface area contributed by atoms with E-state index >= 15 is 0 Å². The van der Waals surface area contributed by atoms with E-state index in [4.69, 9.17) is 9.47 Å². The molecule has 2 N–H and O–H groups in total. The Balaban J connectivity index is 1.42. The van der Waals surface area contributed by atoms with Gasteiger partial charge in [-0.25, -0.2) is 0 Å². The molecule has 122 valence electrons. The Hall–Kier alpha value is -1.99. The Labute approximate surface area is 133 Å². The van der Waals surface area contributed by atoms with Crippen molar-refractivity contribution in [3.63, 3.8) is 0 Å². The van der Waals surface area contributed by atoms with Crippen LogP contribution >= 0.6 is 0 Å². The van der Waals surface area contributed by atoms with Crippen LogP contribution in [0.15, 0.2) is 18.2 Å². The Morgan fingerprint density at radius 1 is 1.30 bits per heavy atom. The predicted molar refractivity (Wildman–Crippen MR) is 83.0 cm³/mol. The number of nitrogens with one attached hydrogen (secondary N) is 2. The Morgan fingerprint density at radius 3 is 3.04 bits per heavy atom. The SMILES string of the molecule is O=C(NC1COCCC1OCC1CC1)c1ccc2n[nH]nc2c1. The molecule has 0 radical (unpaired) electrons. The largest absolute Gasteiger partial charge is 0.379 e. The number of hydrogen-bond acceptors (Lipinski definition) is 5. The van der Waals surface area contributed by atoms with Crippen molar-refractivity contribution in [3.8, 4) is 0 Å². The number of nitrogens with zero attached hydrogens (tertiary/aromatic N) is 2. The van der Waals surface area contributed by atoms with Crippen molar-refractivity contribution in [2.45, 2.75) is 31.4 Å². The fraction of sp³-hybridized carbons (Fsp3) is 0.562. The quantitative estimate of drug-likeness (QED) is 0.867. The molecule has 1 amide bonds. The number of ether oxygens (including phenoxy) is 2. The number of aromatic amines is 1. The number of amides is 1. The molecule has 2 atom stereocenters. The summed E-state index contributed by atoms with van der Waals surface area (Å²) in [5.74, 6) is 0.578. The second kappa shape index (κ2) is 6.25. The highest BCUT2D eigenvalue weighted by molar-refractivity contribution is 5.97. The maximum absolute atomic E-state index is 12.5. The van der Waals surface area contributed by atoms with Crippen molar-refractivity contribution in [3.05, 3.63) is 23.8 Å². The molecule has 1 aliphatic heterocycles. The van der Waals surface area contributed by atoms with Crippen LogP contribution in [-0.2, 0) is 9.47 Å². The van der Waals surface area contributed by atoms with E-state index in [2.05, 4.69) is 20.7 Å². The molecule has 1 saturated carbocycles. The van der Waals surface area contributed by atoms with Crippen LogP contribution in [0.5, 0.6) is 0 Å². The van der Waals surface area contributed by atoms with Gasteiger partial charge < -0.3 is 14.8 Å². The normalized spacial score (nSPS) is 24.7. The molecule has 1 saturated heterocycles. The summed E-state index contributed by atoms with van der Waals surface area (Å²) in [7, 11) is 0. The number of rotatable bonds is 5. The highest BCUT2D eigenvalue weighted by Crippen LogP contribution is 2.30. The second-order valence-electron chi connectivity index (χ2n) is 6.29. The van der Waals surface area contributed by atoms with Gasteiger partial charge in [-0.2, -0.15) is 15.4 Å². The third kappa shape index (κ3) is 3.35. The lowest BCUT2D eigenvalue weighted by molar-refractivity contribution is -0.0567. The summed E-state index contributed by atoms with van der Waals surface area (Å²) in [5.41, 5.74) is 1.99. The van der Waals surface area contributed by atoms with Crippen molar-refractivity contribution in [1.29, 1.82) is 0 Å². The molecule has 23 heavy (non-hydrogen) atoms. The highest BCUT2D eigenvalue weighted by atomic mass is 16.5. The average Bonchev–Trinajstić information content (AvgIpc) is 3.28. The zero-order chi connectivity index (χ0) is 15.6. The fourth-order valence-electron chi connectivity index (χ4n) is 2.83. The maximum Gasteiger partial charge on any atom is 0.251 e. The molecule has 2 unspecified atom stereocenters. The molecule has 1 aromatic heterocycles. The first-order valence-corrected chi connectivity index (χ1v) is 8.10. The molecule has 2 fully saturated rings. The number of carbonyl (C=O) groups is 1. The van der Waals surface area contributed by atoms with Crippen molar-refractivity contribution in [2.24, 2.45) is 5.92 Å². The Kier molecular flexibility index (Phi) is 3.97. The van der Waals surface area contributed by atoms with Crippen LogP contribution in [-0.4, -0.2) is 53.3 Å². The van der Waals surface area contributed by atoms with Crippen molar-refractivity contribution >= 4 is 16.9 Å². The van der Waals surface area contributed by atoms with Gasteiger partial charge in [0.2, 0.25) is 0 Å². The third-order valence-corrected chi connectivity index (χ3v) is 4.43. The van der Waals surface area contributed by atoms with Gasteiger partial charge in [0, 0.05) is 18.8 Å². The smallest absolute Gasteiger partial charge is 0.251 e. The Morgan fingerprint density at radius 2 is 2.17 bits per heavy atom. The molecule has 2 aromatic rings. The van der Waals surface area contributed by atoms with Gasteiger partial charge in [0.1, 0.15) is 11.0 Å². The minimum absolute atomic E-state index is 0.0316. The van der Waals surface area contributed by atoms with E-state index in [0.29, 0.717) is 30.2 Å². The maximum atomic E-state index is 12.5. The molecule has 7 nitrogen and oxygen atoms in total. The summed E-state index contributed by atoms with van der Waals surface area (Å²) < 4.78 is 11.5. The van der Waals surface area contributed by atoms with Gasteiger partial charge in [0.15, 0.2) is 0 Å². The van der Waals surface area contributed by atoms with E-state index in [0.717, 1.165) is 18.5 Å². The van der Waals surface area contributed by atoms with Gasteiger partial charge in [-0.15, -0.1) is 0 Å². The van der Waals surface area contributed by atoms with E-state index in [9.17, 15) is 4.79 Å². The van der Waals surface area contributed by atoms with Crippen molar-refractivity contribution in [1.82, 2.24) is 20.7 Å². The molecule has 2 heterocycles. The van der Waals surface area contributed by atoms with E-state index < -0.39 is 0 Å². The Bertz CT molecular complexity index is 697. The van der Waals surface area contributed by atoms with Crippen LogP contribution < -0.4 is 5.32 Å². The summed E-state index contributed by atoms with van der Waals surface area (Å²) in [6, 6.07) is 5.16. The van der Waals surface area contributed by atoms with E-state index in [-0.39, 0.29) is 18.1 Å². The molecule has 4 rings (SSSR count). The molecule has 1 aromatic carbocycles. The fourth-order valence-corrected chi connectivity index (χ4v) is 2.83. The zero-order valence-electron chi connectivity index (χ0n) is 12.8. The summed E-state index contributed by atoms with van der Waals surface area (Å²) in [5, 5.41) is 13.6. The summed E-state index contributed by atoms with van der Waals surface area (Å²) in [4.78, 5) is 12.5. The van der Waals surface area contributed by atoms with Crippen LogP contribution in [0.4, 0.5) is 0 Å². The number of benzene rings is 1. The lowest BCUT2D eigenvalue weighted by atomic mass is 10.1. The van der Waals surface area contributed by atoms with E-state index in [1.54, 1.807) is 18.2 Å². The molecule has 2 aliphatic rings. The number of fused-ring (bicyclic) bond motifs is 1. The molecular formula is C16H20N4O3. The number of hydrogen-bond donors (Lipinski definition) is 2. The van der Waals surface area contributed by atoms with Crippen LogP contribution in [0, 0.1) is 5.92 Å². The van der Waals surface area contributed by atoms with Gasteiger partial charge in [-0.1, -0.05) is 0 Å². The van der Waals surface area contributed by atoms with Gasteiger partial charge in [0.05, 0.1) is 18.8 Å². The monoisotopic (exact) mass is 316 g/mol. The van der Waals surface area contributed by atoms with Gasteiger partial charge in [-0.3, -0.25) is 4.79 Å². The lowest BCUT2D eigenvalue weighted by Crippen LogP contribution is -2.50. The van der Waals surface area contributed by atoms with Crippen molar-refractivity contribution in [2.75, 3.05) is 19.8 Å². The molecule has 1 aliphatic carbocycles. The number of carbonyl (C=O) groups excluding carboxylic acids is 1. The van der Waals surface area contributed by atoms with Crippen LogP contribution in [0.1, 0.15) is 29.6 Å². The van der Waals surface area contributed by atoms with Crippen LogP contribution in [0.25, 0.3) is 11.0 Å².